The molecule has 4 N–H and O–H groups in total. The lowest BCUT2D eigenvalue weighted by molar-refractivity contribution is -0.141. The van der Waals surface area contributed by atoms with Crippen LogP contribution in [0.1, 0.15) is 36.1 Å². The van der Waals surface area contributed by atoms with E-state index in [1.165, 1.54) is 20.2 Å². The molecule has 3 aromatic heterocycles. The summed E-state index contributed by atoms with van der Waals surface area (Å²) in [6.45, 7) is 2.77. The second-order valence-corrected chi connectivity index (χ2v) is 14.5. The molecule has 2 fully saturated rings. The number of hydrogen-bond acceptors (Lipinski definition) is 8. The number of anilines is 2. The summed E-state index contributed by atoms with van der Waals surface area (Å²) in [7, 11) is 4.10. The first-order valence-corrected chi connectivity index (χ1v) is 18.3. The summed E-state index contributed by atoms with van der Waals surface area (Å²) in [6, 6.07) is 13.0. The number of urea groups is 1. The van der Waals surface area contributed by atoms with Gasteiger partial charge in [0.15, 0.2) is 0 Å². The molecule has 1 aliphatic carbocycles. The number of carbonyl (C=O) groups is 1. The minimum atomic E-state index is -4.85. The Bertz CT molecular complexity index is 2460. The van der Waals surface area contributed by atoms with Crippen LogP contribution in [0.15, 0.2) is 58.1 Å². The van der Waals surface area contributed by atoms with E-state index in [2.05, 4.69) is 26.3 Å². The summed E-state index contributed by atoms with van der Waals surface area (Å²) in [5, 5.41) is 12.1. The van der Waals surface area contributed by atoms with Gasteiger partial charge in [0.25, 0.3) is 5.56 Å². The number of halogens is 5. The first-order chi connectivity index (χ1) is 26.2. The molecular formula is C38H37Cl2F3N8O4. The van der Waals surface area contributed by atoms with Crippen molar-refractivity contribution in [1.82, 2.24) is 35.1 Å². The lowest BCUT2D eigenvalue weighted by Crippen LogP contribution is -2.59. The van der Waals surface area contributed by atoms with Gasteiger partial charge < -0.3 is 26.0 Å². The van der Waals surface area contributed by atoms with Gasteiger partial charge in [0, 0.05) is 49.4 Å². The second kappa shape index (κ2) is 14.8. The fourth-order valence-electron chi connectivity index (χ4n) is 7.41. The van der Waals surface area contributed by atoms with Crippen LogP contribution in [0.4, 0.5) is 29.5 Å². The van der Waals surface area contributed by atoms with Crippen LogP contribution in [-0.4, -0.2) is 57.4 Å². The van der Waals surface area contributed by atoms with Gasteiger partial charge in [-0.2, -0.15) is 13.2 Å². The molecule has 288 valence electrons. The first kappa shape index (κ1) is 38.2. The van der Waals surface area contributed by atoms with Crippen LogP contribution in [0.25, 0.3) is 33.3 Å². The average Bonchev–Trinajstić information content (AvgIpc) is 3.83. The number of aryl methyl sites for hydroxylation is 2. The number of methoxy groups -OCH3 is 1. The Labute approximate surface area is 323 Å². The summed E-state index contributed by atoms with van der Waals surface area (Å²) in [5.41, 5.74) is 1.71. The van der Waals surface area contributed by atoms with Crippen molar-refractivity contribution in [3.8, 4) is 28.3 Å². The van der Waals surface area contributed by atoms with E-state index in [0.29, 0.717) is 39.4 Å². The standard InChI is InChI=1S/C31H24Cl2F3N5O3.C7H13N3O/c1-40-22-14-23(31(34,35)36)39-27(24(22)29(42)41(2)30(40)43)37-20-12-6-10-18(26(20)33)17-9-5-11-19(25(17)32)21-13-15-7-4-8-16(15)28(38-21)44-3;11-6-9-4-2-7(10-6)1-3-8-5-7/h5-6,9-14H,4,7-8H2,1-3H3,(H,37,39);8H,1-5H2,(H2,9,10,11). The Morgan fingerprint density at radius 3 is 2.31 bits per heavy atom. The maximum atomic E-state index is 13.8. The Hall–Kier alpha value is -5.12. The van der Waals surface area contributed by atoms with Gasteiger partial charge in [-0.05, 0) is 62.4 Å². The summed E-state index contributed by atoms with van der Waals surface area (Å²) in [4.78, 5) is 45.0. The van der Waals surface area contributed by atoms with Crippen LogP contribution in [0.3, 0.4) is 0 Å². The Balaban J connectivity index is 0.000000360. The number of nitrogens with one attached hydrogen (secondary N) is 4. The molecule has 5 aromatic rings. The van der Waals surface area contributed by atoms with E-state index in [1.807, 2.05) is 12.1 Å². The molecule has 1 unspecified atom stereocenters. The number of hydrogen-bond donors (Lipinski definition) is 4. The maximum Gasteiger partial charge on any atom is 0.433 e. The third-order valence-electron chi connectivity index (χ3n) is 10.3. The maximum absolute atomic E-state index is 13.8. The number of fused-ring (bicyclic) bond motifs is 2. The van der Waals surface area contributed by atoms with Crippen molar-refractivity contribution < 1.29 is 22.7 Å². The predicted molar refractivity (Wildman–Crippen MR) is 206 cm³/mol. The summed E-state index contributed by atoms with van der Waals surface area (Å²) >= 11 is 13.8. The quantitative estimate of drug-likeness (QED) is 0.161. The lowest BCUT2D eigenvalue weighted by atomic mass is 9.93. The molecule has 1 spiro atoms. The van der Waals surface area contributed by atoms with Crippen molar-refractivity contribution in [2.45, 2.75) is 43.8 Å². The van der Waals surface area contributed by atoms with Crippen molar-refractivity contribution in [2.24, 2.45) is 14.1 Å². The molecule has 2 saturated heterocycles. The number of pyridine rings is 2. The van der Waals surface area contributed by atoms with Gasteiger partial charge in [0.05, 0.1) is 39.6 Å². The van der Waals surface area contributed by atoms with E-state index in [1.54, 1.807) is 31.4 Å². The van der Waals surface area contributed by atoms with Gasteiger partial charge in [-0.1, -0.05) is 53.5 Å². The van der Waals surface area contributed by atoms with Gasteiger partial charge in [0.2, 0.25) is 5.88 Å². The van der Waals surface area contributed by atoms with Gasteiger partial charge in [-0.15, -0.1) is 0 Å². The highest BCUT2D eigenvalue weighted by molar-refractivity contribution is 6.39. The zero-order chi connectivity index (χ0) is 39.2. The van der Waals surface area contributed by atoms with Gasteiger partial charge in [0.1, 0.15) is 16.9 Å². The number of carbonyl (C=O) groups excluding carboxylic acids is 1. The Morgan fingerprint density at radius 1 is 0.909 bits per heavy atom. The number of amides is 2. The second-order valence-electron chi connectivity index (χ2n) is 13.8. The highest BCUT2D eigenvalue weighted by Gasteiger charge is 2.37. The molecule has 2 amide bonds. The number of ether oxygens (including phenoxy) is 1. The number of alkyl halides is 3. The highest BCUT2D eigenvalue weighted by Crippen LogP contribution is 2.43. The highest BCUT2D eigenvalue weighted by atomic mass is 35.5. The Kier molecular flexibility index (Phi) is 10.3. The summed E-state index contributed by atoms with van der Waals surface area (Å²) in [5.74, 6) is 0.157. The van der Waals surface area contributed by atoms with E-state index in [0.717, 1.165) is 72.0 Å². The number of nitrogens with zero attached hydrogens (tertiary/aromatic N) is 4. The van der Waals surface area contributed by atoms with Crippen LogP contribution in [0.5, 0.6) is 5.88 Å². The van der Waals surface area contributed by atoms with Crippen molar-refractivity contribution in [2.75, 3.05) is 32.1 Å². The molecule has 1 atom stereocenters. The van der Waals surface area contributed by atoms with Gasteiger partial charge >= 0.3 is 17.9 Å². The average molecular weight is 798 g/mol. The lowest BCUT2D eigenvalue weighted by Gasteiger charge is -2.33. The topological polar surface area (TPSA) is 144 Å². The minimum Gasteiger partial charge on any atom is -0.481 e. The van der Waals surface area contributed by atoms with E-state index >= 15 is 0 Å². The minimum absolute atomic E-state index is 0.0139. The molecule has 8 rings (SSSR count). The van der Waals surface area contributed by atoms with E-state index in [4.69, 9.17) is 32.9 Å². The number of rotatable bonds is 5. The fraction of sp³-hybridized carbons (Fsp3) is 0.342. The van der Waals surface area contributed by atoms with E-state index in [-0.39, 0.29) is 33.2 Å². The number of aromatic nitrogens is 4. The molecule has 12 nitrogen and oxygen atoms in total. The van der Waals surface area contributed by atoms with E-state index < -0.39 is 28.9 Å². The number of benzene rings is 2. The molecule has 0 saturated carbocycles. The smallest absolute Gasteiger partial charge is 0.433 e. The molecule has 2 aliphatic heterocycles. The van der Waals surface area contributed by atoms with Crippen molar-refractivity contribution >= 4 is 51.6 Å². The SMILES string of the molecule is COc1nc(-c2cccc(-c3cccc(Nc4nc(C(F)(F)F)cc5c4c(=O)n(C)c(=O)n5C)c3Cl)c2Cl)cc2c1CCC2.O=C1NCCC2(CCNC2)N1. The molecule has 0 radical (unpaired) electrons. The van der Waals surface area contributed by atoms with E-state index in [9.17, 15) is 27.6 Å². The summed E-state index contributed by atoms with van der Waals surface area (Å²) in [6.07, 6.45) is 0.0845. The predicted octanol–water partition coefficient (Wildman–Crippen LogP) is 6.35. The van der Waals surface area contributed by atoms with Crippen LogP contribution < -0.4 is 37.3 Å². The van der Waals surface area contributed by atoms with Gasteiger partial charge in [-0.25, -0.2) is 19.6 Å². The van der Waals surface area contributed by atoms with Gasteiger partial charge in [-0.3, -0.25) is 13.9 Å². The molecule has 0 bridgehead atoms. The van der Waals surface area contributed by atoms with Crippen LogP contribution in [0, 0.1) is 0 Å². The molecule has 5 heterocycles. The Morgan fingerprint density at radius 2 is 1.62 bits per heavy atom. The van der Waals surface area contributed by atoms with Crippen LogP contribution in [0.2, 0.25) is 10.0 Å². The fourth-order valence-corrected chi connectivity index (χ4v) is 8.01. The zero-order valence-electron chi connectivity index (χ0n) is 30.1. The first-order valence-electron chi connectivity index (χ1n) is 17.6. The molecule has 17 heteroatoms. The largest absolute Gasteiger partial charge is 0.481 e. The summed E-state index contributed by atoms with van der Waals surface area (Å²) < 4.78 is 48.8. The van der Waals surface area contributed by atoms with Crippen molar-refractivity contribution in [1.29, 1.82) is 0 Å². The molecule has 3 aliphatic rings. The van der Waals surface area contributed by atoms with Crippen LogP contribution in [-0.2, 0) is 33.1 Å². The monoisotopic (exact) mass is 796 g/mol. The molecule has 55 heavy (non-hydrogen) atoms. The van der Waals surface area contributed by atoms with Crippen LogP contribution >= 0.6 is 23.2 Å². The van der Waals surface area contributed by atoms with Crippen molar-refractivity contribution in [3.63, 3.8) is 0 Å². The third kappa shape index (κ3) is 7.23. The molecular weight excluding hydrogens is 760 g/mol. The third-order valence-corrected chi connectivity index (χ3v) is 11.1. The van der Waals surface area contributed by atoms with Crippen molar-refractivity contribution in [3.05, 3.63) is 96.2 Å². The zero-order valence-corrected chi connectivity index (χ0v) is 31.6. The normalized spacial score (nSPS) is 17.7. The molecule has 2 aromatic carbocycles.